The summed E-state index contributed by atoms with van der Waals surface area (Å²) in [5.41, 5.74) is 0. The molecule has 0 aliphatic heterocycles. The lowest BCUT2D eigenvalue weighted by atomic mass is 10.0. The predicted molar refractivity (Wildman–Crippen MR) is 403 cm³/mol. The van der Waals surface area contributed by atoms with Crippen LogP contribution in [0.5, 0.6) is 0 Å². The van der Waals surface area contributed by atoms with Gasteiger partial charge in [0, 0.05) is 12.8 Å². The summed E-state index contributed by atoms with van der Waals surface area (Å²) in [5, 5.41) is 23.4. The monoisotopic (exact) mass is 1280 g/mol. The van der Waals surface area contributed by atoms with Gasteiger partial charge in [-0.2, -0.15) is 0 Å². The van der Waals surface area contributed by atoms with Gasteiger partial charge in [-0.05, 0) is 51.4 Å². The van der Waals surface area contributed by atoms with E-state index in [0.29, 0.717) is 25.9 Å². The van der Waals surface area contributed by atoms with E-state index in [1.807, 2.05) is 0 Å². The molecular weight excluding hydrogens is 1110 g/mol. The Morgan fingerprint density at radius 3 is 0.780 bits per heavy atom. The molecule has 3 N–H and O–H groups in total. The van der Waals surface area contributed by atoms with Crippen LogP contribution in [0.25, 0.3) is 0 Å². The molecule has 91 heavy (non-hydrogen) atoms. The summed E-state index contributed by atoms with van der Waals surface area (Å²) in [4.78, 5) is 24.7. The first-order valence-electron chi connectivity index (χ1n) is 42.4. The van der Waals surface area contributed by atoms with Crippen molar-refractivity contribution in [2.24, 2.45) is 0 Å². The Hall–Kier alpha value is -1.40. The zero-order valence-electron chi connectivity index (χ0n) is 62.4. The minimum Gasteiger partial charge on any atom is -0.466 e. The van der Waals surface area contributed by atoms with E-state index in [-0.39, 0.29) is 18.5 Å². The van der Waals surface area contributed by atoms with E-state index >= 15 is 0 Å². The SMILES string of the molecule is CCCCCCCCC/C=C\CCCCCCCCCC(=O)OCCCCCCCCCCCCCCCCCCCCCCCCCCCCCCCCCCCCCCCC(=O)NC(CO)C(O)CCCCCCCCCCCCCCCCCCCCC. The van der Waals surface area contributed by atoms with Crippen LogP contribution in [-0.4, -0.2) is 47.4 Å². The van der Waals surface area contributed by atoms with E-state index in [2.05, 4.69) is 31.3 Å². The molecule has 0 heterocycles. The molecule has 6 heteroatoms. The standard InChI is InChI=1S/C85H167NO5/c1-3-5-7-9-11-13-15-17-19-21-42-45-49-53-57-61-65-69-73-77-83(88)82(81-87)86-84(89)78-74-70-66-62-58-54-50-46-43-40-38-36-34-32-30-28-26-24-23-25-27-29-31-33-35-37-39-41-44-48-52-56-60-64-68-72-76-80-91-85(90)79-75-71-67-63-59-55-51-47-22-20-18-16-14-12-10-8-6-4-2/h20,22,82-83,87-88H,3-19,21,23-81H2,1-2H3,(H,86,89)/b22-20-. The Kier molecular flexibility index (Phi) is 79.8. The van der Waals surface area contributed by atoms with Gasteiger partial charge in [-0.3, -0.25) is 9.59 Å². The summed E-state index contributed by atoms with van der Waals surface area (Å²) in [6.07, 6.45) is 103. The fraction of sp³-hybridized carbons (Fsp3) is 0.953. The molecule has 0 rings (SSSR count). The van der Waals surface area contributed by atoms with Crippen molar-refractivity contribution in [1.82, 2.24) is 5.32 Å². The first-order chi connectivity index (χ1) is 45.0. The van der Waals surface area contributed by atoms with Gasteiger partial charge in [-0.15, -0.1) is 0 Å². The molecule has 6 nitrogen and oxygen atoms in total. The van der Waals surface area contributed by atoms with Gasteiger partial charge in [-0.25, -0.2) is 0 Å². The molecule has 0 bridgehead atoms. The zero-order valence-corrected chi connectivity index (χ0v) is 62.4. The number of rotatable bonds is 81. The topological polar surface area (TPSA) is 95.9 Å². The molecule has 0 aromatic heterocycles. The smallest absolute Gasteiger partial charge is 0.305 e. The molecule has 0 saturated heterocycles. The lowest BCUT2D eigenvalue weighted by Crippen LogP contribution is -2.45. The summed E-state index contributed by atoms with van der Waals surface area (Å²) < 4.78 is 5.52. The van der Waals surface area contributed by atoms with Crippen molar-refractivity contribution in [2.45, 2.75) is 508 Å². The molecule has 0 fully saturated rings. The summed E-state index contributed by atoms with van der Waals surface area (Å²) in [7, 11) is 0. The van der Waals surface area contributed by atoms with Gasteiger partial charge in [0.1, 0.15) is 0 Å². The Balaban J connectivity index is 3.29. The molecule has 2 atom stereocenters. The number of unbranched alkanes of at least 4 members (excludes halogenated alkanes) is 68. The van der Waals surface area contributed by atoms with E-state index in [0.717, 1.165) is 38.5 Å². The highest BCUT2D eigenvalue weighted by Crippen LogP contribution is 2.21. The van der Waals surface area contributed by atoms with Gasteiger partial charge >= 0.3 is 5.97 Å². The minimum atomic E-state index is -0.660. The van der Waals surface area contributed by atoms with Gasteiger partial charge in [0.2, 0.25) is 5.91 Å². The number of nitrogens with one attached hydrogen (secondary N) is 1. The van der Waals surface area contributed by atoms with Gasteiger partial charge < -0.3 is 20.3 Å². The first-order valence-corrected chi connectivity index (χ1v) is 42.4. The van der Waals surface area contributed by atoms with E-state index < -0.39 is 12.1 Å². The maximum Gasteiger partial charge on any atom is 0.305 e. The van der Waals surface area contributed by atoms with Crippen LogP contribution >= 0.6 is 0 Å². The van der Waals surface area contributed by atoms with Crippen molar-refractivity contribution in [3.63, 3.8) is 0 Å². The van der Waals surface area contributed by atoms with Crippen LogP contribution in [-0.2, 0) is 14.3 Å². The highest BCUT2D eigenvalue weighted by molar-refractivity contribution is 5.76. The second-order valence-corrected chi connectivity index (χ2v) is 29.5. The number of ether oxygens (including phenoxy) is 1. The highest BCUT2D eigenvalue weighted by Gasteiger charge is 2.20. The van der Waals surface area contributed by atoms with E-state index in [4.69, 9.17) is 4.74 Å². The molecule has 0 aromatic rings. The Bertz CT molecular complexity index is 1380. The predicted octanol–water partition coefficient (Wildman–Crippen LogP) is 28.2. The average molecular weight is 1280 g/mol. The maximum atomic E-state index is 12.6. The Morgan fingerprint density at radius 2 is 0.516 bits per heavy atom. The van der Waals surface area contributed by atoms with Gasteiger partial charge in [0.25, 0.3) is 0 Å². The fourth-order valence-electron chi connectivity index (χ4n) is 13.9. The quantitative estimate of drug-likeness (QED) is 0.0320. The first kappa shape index (κ1) is 89.6. The van der Waals surface area contributed by atoms with Crippen molar-refractivity contribution >= 4 is 11.9 Å². The third-order valence-electron chi connectivity index (χ3n) is 20.3. The molecule has 1 amide bonds. The highest BCUT2D eigenvalue weighted by atomic mass is 16.5. The molecular formula is C85H167NO5. The second-order valence-electron chi connectivity index (χ2n) is 29.5. The summed E-state index contributed by atoms with van der Waals surface area (Å²) in [6.45, 7) is 5.01. The molecule has 0 aliphatic carbocycles. The van der Waals surface area contributed by atoms with Crippen LogP contribution in [0.4, 0.5) is 0 Å². The normalized spacial score (nSPS) is 12.4. The number of aliphatic hydroxyl groups excluding tert-OH is 2. The summed E-state index contributed by atoms with van der Waals surface area (Å²) >= 11 is 0. The number of hydrogen-bond donors (Lipinski definition) is 3. The fourth-order valence-corrected chi connectivity index (χ4v) is 13.9. The molecule has 0 spiro atoms. The van der Waals surface area contributed by atoms with Crippen LogP contribution in [0.2, 0.25) is 0 Å². The number of carbonyl (C=O) groups is 2. The number of aliphatic hydroxyl groups is 2. The molecule has 542 valence electrons. The Labute approximate surface area is 571 Å². The lowest BCUT2D eigenvalue weighted by Gasteiger charge is -2.22. The summed E-state index contributed by atoms with van der Waals surface area (Å²) in [5.74, 6) is -0.00183. The number of hydrogen-bond acceptors (Lipinski definition) is 5. The van der Waals surface area contributed by atoms with Crippen LogP contribution < -0.4 is 5.32 Å². The number of esters is 1. The van der Waals surface area contributed by atoms with Crippen molar-refractivity contribution in [2.75, 3.05) is 13.2 Å². The lowest BCUT2D eigenvalue weighted by molar-refractivity contribution is -0.143. The van der Waals surface area contributed by atoms with E-state index in [9.17, 15) is 19.8 Å². The van der Waals surface area contributed by atoms with Gasteiger partial charge in [-0.1, -0.05) is 443 Å². The molecule has 0 radical (unpaired) electrons. The van der Waals surface area contributed by atoms with Crippen LogP contribution in [0.15, 0.2) is 12.2 Å². The second kappa shape index (κ2) is 81.0. The minimum absolute atomic E-state index is 0.0218. The largest absolute Gasteiger partial charge is 0.466 e. The Morgan fingerprint density at radius 1 is 0.297 bits per heavy atom. The van der Waals surface area contributed by atoms with E-state index in [1.165, 1.54) is 424 Å². The molecule has 2 unspecified atom stereocenters. The van der Waals surface area contributed by atoms with Crippen molar-refractivity contribution in [3.8, 4) is 0 Å². The average Bonchev–Trinajstić information content (AvgIpc) is 3.65. The summed E-state index contributed by atoms with van der Waals surface area (Å²) in [6, 6.07) is -0.537. The van der Waals surface area contributed by atoms with Crippen LogP contribution in [0.3, 0.4) is 0 Å². The van der Waals surface area contributed by atoms with E-state index in [1.54, 1.807) is 0 Å². The third-order valence-corrected chi connectivity index (χ3v) is 20.3. The van der Waals surface area contributed by atoms with Crippen LogP contribution in [0, 0.1) is 0 Å². The molecule has 0 aromatic carbocycles. The van der Waals surface area contributed by atoms with Crippen molar-refractivity contribution < 1.29 is 24.5 Å². The van der Waals surface area contributed by atoms with Crippen LogP contribution in [0.1, 0.15) is 495 Å². The van der Waals surface area contributed by atoms with Crippen molar-refractivity contribution in [1.29, 1.82) is 0 Å². The number of carbonyl (C=O) groups excluding carboxylic acids is 2. The zero-order chi connectivity index (χ0) is 65.6. The van der Waals surface area contributed by atoms with Crippen molar-refractivity contribution in [3.05, 3.63) is 12.2 Å². The number of allylic oxidation sites excluding steroid dienone is 2. The number of amides is 1. The maximum absolute atomic E-state index is 12.6. The van der Waals surface area contributed by atoms with Gasteiger partial charge in [0.15, 0.2) is 0 Å². The molecule has 0 saturated carbocycles. The van der Waals surface area contributed by atoms with Gasteiger partial charge in [0.05, 0.1) is 25.4 Å². The molecule has 0 aliphatic rings. The third kappa shape index (κ3) is 77.5.